The van der Waals surface area contributed by atoms with Gasteiger partial charge in [0.05, 0.1) is 6.42 Å². The highest BCUT2D eigenvalue weighted by Crippen LogP contribution is 2.38. The van der Waals surface area contributed by atoms with Crippen molar-refractivity contribution in [2.75, 3.05) is 0 Å². The van der Waals surface area contributed by atoms with Crippen LogP contribution in [0.2, 0.25) is 0 Å². The van der Waals surface area contributed by atoms with E-state index in [1.807, 2.05) is 0 Å². The van der Waals surface area contributed by atoms with Crippen LogP contribution >= 0.6 is 11.6 Å². The highest BCUT2D eigenvalue weighted by molar-refractivity contribution is 6.63. The molecule has 0 aromatic rings. The fourth-order valence-electron chi connectivity index (χ4n) is 0.275. The molecule has 66 valence electrons. The second-order valence-electron chi connectivity index (χ2n) is 1.73. The average molecular weight is 197 g/mol. The van der Waals surface area contributed by atoms with E-state index in [4.69, 9.17) is 0 Å². The van der Waals surface area contributed by atoms with Gasteiger partial charge in [-0.05, 0) is 11.6 Å². The molecule has 0 bridgehead atoms. The van der Waals surface area contributed by atoms with Gasteiger partial charge in [-0.1, -0.05) is 0 Å². The van der Waals surface area contributed by atoms with E-state index in [1.54, 1.807) is 0 Å². The molecule has 0 spiro atoms. The largest absolute Gasteiger partial charge is 0.453 e. The maximum atomic E-state index is 11.8. The van der Waals surface area contributed by atoms with Gasteiger partial charge in [0, 0.05) is 0 Å². The number of alkyl halides is 5. The first-order chi connectivity index (χ1) is 4.67. The van der Waals surface area contributed by atoms with Gasteiger partial charge in [0.25, 0.3) is 0 Å². The van der Waals surface area contributed by atoms with Crippen LogP contribution in [0.3, 0.4) is 0 Å². The SMILES string of the molecule is O=C(Cl)CC(F)(F)C(F)(F)F. The summed E-state index contributed by atoms with van der Waals surface area (Å²) in [5.41, 5.74) is 0. The zero-order valence-electron chi connectivity index (χ0n) is 4.88. The predicted molar refractivity (Wildman–Crippen MR) is 26.5 cm³/mol. The van der Waals surface area contributed by atoms with E-state index in [0.717, 1.165) is 0 Å². The second kappa shape index (κ2) is 2.92. The number of hydrogen-bond acceptors (Lipinski definition) is 1. The number of rotatable bonds is 2. The van der Waals surface area contributed by atoms with Crippen molar-refractivity contribution in [2.24, 2.45) is 0 Å². The molecule has 0 unspecified atom stereocenters. The first-order valence-corrected chi connectivity index (χ1v) is 2.67. The molecule has 0 saturated carbocycles. The lowest BCUT2D eigenvalue weighted by Crippen LogP contribution is -2.37. The molecule has 0 heterocycles. The maximum absolute atomic E-state index is 11.8. The normalized spacial score (nSPS) is 13.3. The van der Waals surface area contributed by atoms with Gasteiger partial charge in [-0.25, -0.2) is 0 Å². The van der Waals surface area contributed by atoms with Gasteiger partial charge in [0.15, 0.2) is 0 Å². The molecule has 1 nitrogen and oxygen atoms in total. The molecule has 0 atom stereocenters. The molecule has 0 aliphatic heterocycles. The second-order valence-corrected chi connectivity index (χ2v) is 2.16. The molecule has 0 aromatic carbocycles. The van der Waals surface area contributed by atoms with Crippen molar-refractivity contribution in [3.05, 3.63) is 0 Å². The molecule has 0 N–H and O–H groups in total. The summed E-state index contributed by atoms with van der Waals surface area (Å²) in [6.07, 6.45) is -7.73. The Hall–Kier alpha value is -0.390. The Morgan fingerprint density at radius 1 is 1.18 bits per heavy atom. The smallest absolute Gasteiger partial charge is 0.281 e. The summed E-state index contributed by atoms with van der Waals surface area (Å²) >= 11 is 4.35. The lowest BCUT2D eigenvalue weighted by Gasteiger charge is -2.16. The van der Waals surface area contributed by atoms with Gasteiger partial charge < -0.3 is 0 Å². The molecule has 11 heavy (non-hydrogen) atoms. The maximum Gasteiger partial charge on any atom is 0.453 e. The molecule has 7 heteroatoms. The molecule has 0 rings (SSSR count). The molecule has 0 aliphatic rings. The summed E-state index contributed by atoms with van der Waals surface area (Å²) in [6.45, 7) is 0. The third kappa shape index (κ3) is 3.00. The fourth-order valence-corrected chi connectivity index (χ4v) is 0.443. The van der Waals surface area contributed by atoms with Gasteiger partial charge >= 0.3 is 12.1 Å². The van der Waals surface area contributed by atoms with Gasteiger partial charge in [-0.15, -0.1) is 0 Å². The number of carbonyl (C=O) groups is 1. The number of hydrogen-bond donors (Lipinski definition) is 0. The summed E-state index contributed by atoms with van der Waals surface area (Å²) in [6, 6.07) is 0. The van der Waals surface area contributed by atoms with E-state index in [2.05, 4.69) is 11.6 Å². The molecule has 0 saturated heterocycles. The van der Waals surface area contributed by atoms with Gasteiger partial charge in [0.2, 0.25) is 5.24 Å². The Kier molecular flexibility index (Phi) is 2.82. The third-order valence-electron chi connectivity index (χ3n) is 0.776. The van der Waals surface area contributed by atoms with Crippen molar-refractivity contribution in [2.45, 2.75) is 18.5 Å². The lowest BCUT2D eigenvalue weighted by molar-refractivity contribution is -0.281. The van der Waals surface area contributed by atoms with Crippen LogP contribution < -0.4 is 0 Å². The van der Waals surface area contributed by atoms with E-state index < -0.39 is 23.8 Å². The fraction of sp³-hybridized carbons (Fsp3) is 0.750. The minimum absolute atomic E-state index is 1.72. The zero-order valence-corrected chi connectivity index (χ0v) is 5.64. The topological polar surface area (TPSA) is 17.1 Å². The summed E-state index contributed by atoms with van der Waals surface area (Å²) < 4.78 is 57.2. The molecule has 0 aliphatic carbocycles. The predicted octanol–water partition coefficient (Wildman–Crippen LogP) is 2.34. The van der Waals surface area contributed by atoms with E-state index in [9.17, 15) is 26.7 Å². The Balaban J connectivity index is 4.34. The monoisotopic (exact) mass is 196 g/mol. The Morgan fingerprint density at radius 2 is 1.55 bits per heavy atom. The lowest BCUT2D eigenvalue weighted by atomic mass is 10.2. The molecular weight excluding hydrogens is 194 g/mol. The van der Waals surface area contributed by atoms with Gasteiger partial charge in [0.1, 0.15) is 0 Å². The number of halogens is 6. The quantitative estimate of drug-likeness (QED) is 0.489. The van der Waals surface area contributed by atoms with Crippen LogP contribution in [0.15, 0.2) is 0 Å². The van der Waals surface area contributed by atoms with Crippen LogP contribution in [0.1, 0.15) is 6.42 Å². The summed E-state index contributed by atoms with van der Waals surface area (Å²) in [4.78, 5) is 9.69. The molecule has 0 aromatic heterocycles. The van der Waals surface area contributed by atoms with Crippen molar-refractivity contribution in [3.63, 3.8) is 0 Å². The van der Waals surface area contributed by atoms with E-state index >= 15 is 0 Å². The summed E-state index contributed by atoms with van der Waals surface area (Å²) in [7, 11) is 0. The Labute approximate surface area is 63.1 Å². The van der Waals surface area contributed by atoms with E-state index in [-0.39, 0.29) is 0 Å². The van der Waals surface area contributed by atoms with E-state index in [1.165, 1.54) is 0 Å². The van der Waals surface area contributed by atoms with Crippen molar-refractivity contribution >= 4 is 16.8 Å². The summed E-state index contributed by atoms with van der Waals surface area (Å²) in [5, 5.41) is -1.72. The Bertz CT molecular complexity index is 162. The Morgan fingerprint density at radius 3 is 1.64 bits per heavy atom. The molecule has 0 fully saturated rings. The van der Waals surface area contributed by atoms with Crippen LogP contribution in [0.4, 0.5) is 22.0 Å². The van der Waals surface area contributed by atoms with E-state index in [0.29, 0.717) is 0 Å². The van der Waals surface area contributed by atoms with Crippen LogP contribution in [0.5, 0.6) is 0 Å². The molecule has 0 radical (unpaired) electrons. The number of carbonyl (C=O) groups excluding carboxylic acids is 1. The zero-order chi connectivity index (χ0) is 9.28. The van der Waals surface area contributed by atoms with Crippen LogP contribution in [0.25, 0.3) is 0 Å². The highest BCUT2D eigenvalue weighted by Gasteiger charge is 2.58. The first kappa shape index (κ1) is 10.6. The highest BCUT2D eigenvalue weighted by atomic mass is 35.5. The van der Waals surface area contributed by atoms with Crippen molar-refractivity contribution in [1.82, 2.24) is 0 Å². The van der Waals surface area contributed by atoms with Gasteiger partial charge in [-0.3, -0.25) is 4.79 Å². The molecular formula is C4H2ClF5O. The van der Waals surface area contributed by atoms with Crippen LogP contribution in [-0.2, 0) is 4.79 Å². The molecule has 0 amide bonds. The third-order valence-corrected chi connectivity index (χ3v) is 0.909. The van der Waals surface area contributed by atoms with Crippen molar-refractivity contribution < 1.29 is 26.7 Å². The van der Waals surface area contributed by atoms with Crippen molar-refractivity contribution in [3.8, 4) is 0 Å². The van der Waals surface area contributed by atoms with Gasteiger partial charge in [-0.2, -0.15) is 22.0 Å². The summed E-state index contributed by atoms with van der Waals surface area (Å²) in [5.74, 6) is -5.02. The first-order valence-electron chi connectivity index (χ1n) is 2.30. The minimum atomic E-state index is -5.71. The van der Waals surface area contributed by atoms with Crippen LogP contribution in [0, 0.1) is 0 Å². The standard InChI is InChI=1S/C4H2ClF5O/c5-2(11)1-3(6,7)4(8,9)10/h1H2. The van der Waals surface area contributed by atoms with Crippen LogP contribution in [-0.4, -0.2) is 17.3 Å². The average Bonchev–Trinajstić information content (AvgIpc) is 1.56. The van der Waals surface area contributed by atoms with Crippen molar-refractivity contribution in [1.29, 1.82) is 0 Å². The minimum Gasteiger partial charge on any atom is -0.281 e.